The average molecular weight is 497 g/mol. The fraction of sp³-hybridized carbons (Fsp3) is 0.690. The van der Waals surface area contributed by atoms with Gasteiger partial charge in [0.2, 0.25) is 11.8 Å². The molecule has 2 amide bonds. The van der Waals surface area contributed by atoms with Gasteiger partial charge in [0.15, 0.2) is 0 Å². The number of carbonyl (C=O) groups excluding carboxylic acids is 3. The van der Waals surface area contributed by atoms with Crippen LogP contribution in [0.5, 0.6) is 0 Å². The van der Waals surface area contributed by atoms with E-state index in [1.165, 1.54) is 25.5 Å². The number of nitrogens with zero attached hydrogens (tertiary/aromatic N) is 1. The zero-order valence-electron chi connectivity index (χ0n) is 21.9. The Kier molecular flexibility index (Phi) is 8.24. The fourth-order valence-corrected chi connectivity index (χ4v) is 6.11. The Morgan fingerprint density at radius 1 is 1.33 bits per heavy atom. The summed E-state index contributed by atoms with van der Waals surface area (Å²) in [5.41, 5.74) is 0.976. The van der Waals surface area contributed by atoms with E-state index in [-0.39, 0.29) is 61.2 Å². The van der Waals surface area contributed by atoms with Gasteiger partial charge in [0.1, 0.15) is 5.41 Å². The van der Waals surface area contributed by atoms with Gasteiger partial charge in [0, 0.05) is 24.6 Å². The van der Waals surface area contributed by atoms with Crippen molar-refractivity contribution in [2.24, 2.45) is 23.2 Å². The van der Waals surface area contributed by atoms with Crippen LogP contribution in [0.3, 0.4) is 0 Å². The Labute approximate surface area is 215 Å². The monoisotopic (exact) mass is 496 g/mol. The number of allylic oxidation sites excluding steroid dienone is 1. The summed E-state index contributed by atoms with van der Waals surface area (Å²) in [6.45, 7) is 4.78. The standard InChI is InChI=1S/C29H40N2O5/c1-5-14-30-25(32)16-22-18-29(28(34)35-4)24(17-23(19(2)3)36-26(29)21-11-12-21)31(27(22)33)15-13-20-9-7-6-8-10-20/h1,9,17,19,21-23,26H,6-8,10-16,18H2,2-4H3,(H,30,32)/t22-,23+,26+,29+/m0/s1. The smallest absolute Gasteiger partial charge is 0.320 e. The Hall–Kier alpha value is -2.59. The van der Waals surface area contributed by atoms with Crippen LogP contribution in [0.1, 0.15) is 71.6 Å². The van der Waals surface area contributed by atoms with Crippen molar-refractivity contribution in [3.05, 3.63) is 23.4 Å². The van der Waals surface area contributed by atoms with Crippen molar-refractivity contribution in [3.63, 3.8) is 0 Å². The van der Waals surface area contributed by atoms with Crippen molar-refractivity contribution in [1.82, 2.24) is 10.2 Å². The Bertz CT molecular complexity index is 973. The lowest BCUT2D eigenvalue weighted by molar-refractivity contribution is -0.182. The van der Waals surface area contributed by atoms with E-state index < -0.39 is 11.3 Å². The number of fused-ring (bicyclic) bond motifs is 1. The van der Waals surface area contributed by atoms with E-state index in [0.717, 1.165) is 37.8 Å². The Morgan fingerprint density at radius 3 is 2.72 bits per heavy atom. The number of ether oxygens (including phenoxy) is 2. The lowest BCUT2D eigenvalue weighted by atomic mass is 9.64. The van der Waals surface area contributed by atoms with Gasteiger partial charge in [-0.15, -0.1) is 6.42 Å². The summed E-state index contributed by atoms with van der Waals surface area (Å²) >= 11 is 0. The minimum Gasteiger partial charge on any atom is -0.468 e. The van der Waals surface area contributed by atoms with E-state index in [9.17, 15) is 14.4 Å². The SMILES string of the molecule is C#CCNC(=O)C[C@H]1C[C@@]2(C(=O)OC)C(=C[C@H](C(C)C)O[C@@H]2C2CC2)N(CCC2=CCCCC2)C1=O. The highest BCUT2D eigenvalue weighted by atomic mass is 16.5. The molecule has 0 bridgehead atoms. The first-order valence-corrected chi connectivity index (χ1v) is 13.5. The van der Waals surface area contributed by atoms with Crippen LogP contribution in [0.2, 0.25) is 0 Å². The predicted molar refractivity (Wildman–Crippen MR) is 136 cm³/mol. The number of methoxy groups -OCH3 is 1. The lowest BCUT2D eigenvalue weighted by Crippen LogP contribution is -2.62. The van der Waals surface area contributed by atoms with E-state index in [1.807, 2.05) is 6.08 Å². The molecule has 2 aliphatic carbocycles. The third kappa shape index (κ3) is 5.25. The van der Waals surface area contributed by atoms with E-state index in [4.69, 9.17) is 15.9 Å². The number of likely N-dealkylation sites (tertiary alicyclic amines) is 1. The van der Waals surface area contributed by atoms with Gasteiger partial charge in [-0.1, -0.05) is 31.4 Å². The second-order valence-corrected chi connectivity index (χ2v) is 11.1. The number of hydrogen-bond donors (Lipinski definition) is 1. The highest BCUT2D eigenvalue weighted by Gasteiger charge is 2.63. The number of piperidine rings is 1. The number of terminal acetylenes is 1. The van der Waals surface area contributed by atoms with Crippen molar-refractivity contribution in [3.8, 4) is 12.3 Å². The molecule has 1 saturated heterocycles. The van der Waals surface area contributed by atoms with Crippen LogP contribution in [-0.4, -0.2) is 55.1 Å². The summed E-state index contributed by atoms with van der Waals surface area (Å²) in [5.74, 6) is 1.41. The van der Waals surface area contributed by atoms with Crippen LogP contribution in [0.4, 0.5) is 0 Å². The molecule has 0 unspecified atom stereocenters. The minimum absolute atomic E-state index is 0.0171. The molecular weight excluding hydrogens is 456 g/mol. The number of amides is 2. The van der Waals surface area contributed by atoms with Crippen molar-refractivity contribution < 1.29 is 23.9 Å². The maximum absolute atomic E-state index is 13.9. The van der Waals surface area contributed by atoms with Crippen LogP contribution in [-0.2, 0) is 23.9 Å². The molecule has 0 spiro atoms. The summed E-state index contributed by atoms with van der Waals surface area (Å²) in [5, 5.41) is 2.68. The Morgan fingerprint density at radius 2 is 2.11 bits per heavy atom. The van der Waals surface area contributed by atoms with E-state index in [2.05, 4.69) is 31.2 Å². The predicted octanol–water partition coefficient (Wildman–Crippen LogP) is 3.74. The van der Waals surface area contributed by atoms with Gasteiger partial charge in [-0.25, -0.2) is 0 Å². The fourth-order valence-electron chi connectivity index (χ4n) is 6.11. The van der Waals surface area contributed by atoms with Gasteiger partial charge in [-0.05, 0) is 69.3 Å². The van der Waals surface area contributed by atoms with Crippen molar-refractivity contribution in [2.75, 3.05) is 20.2 Å². The molecule has 2 aliphatic heterocycles. The molecular formula is C29H40N2O5. The summed E-state index contributed by atoms with van der Waals surface area (Å²) in [4.78, 5) is 42.1. The maximum atomic E-state index is 13.9. The molecule has 0 aromatic carbocycles. The van der Waals surface area contributed by atoms with Gasteiger partial charge in [-0.3, -0.25) is 14.4 Å². The molecule has 2 heterocycles. The Balaban J connectivity index is 1.75. The summed E-state index contributed by atoms with van der Waals surface area (Å²) in [6.07, 6.45) is 16.4. The van der Waals surface area contributed by atoms with Crippen molar-refractivity contribution >= 4 is 17.8 Å². The van der Waals surface area contributed by atoms with Crippen LogP contribution < -0.4 is 5.32 Å². The molecule has 0 aromatic rings. The molecule has 1 N–H and O–H groups in total. The summed E-state index contributed by atoms with van der Waals surface area (Å²) < 4.78 is 12.0. The van der Waals surface area contributed by atoms with Crippen molar-refractivity contribution in [1.29, 1.82) is 0 Å². The molecule has 4 rings (SSSR count). The highest BCUT2D eigenvalue weighted by Crippen LogP contribution is 2.56. The lowest BCUT2D eigenvalue weighted by Gasteiger charge is -2.53. The molecule has 7 heteroatoms. The highest BCUT2D eigenvalue weighted by molar-refractivity contribution is 5.93. The van der Waals surface area contributed by atoms with E-state index >= 15 is 0 Å². The zero-order valence-corrected chi connectivity index (χ0v) is 21.9. The molecule has 4 atom stereocenters. The van der Waals surface area contributed by atoms with Gasteiger partial charge in [0.25, 0.3) is 0 Å². The molecule has 1 saturated carbocycles. The molecule has 4 aliphatic rings. The summed E-state index contributed by atoms with van der Waals surface area (Å²) in [6, 6.07) is 0. The third-order valence-electron chi connectivity index (χ3n) is 8.16. The quantitative estimate of drug-likeness (QED) is 0.299. The van der Waals surface area contributed by atoms with Crippen molar-refractivity contribution in [2.45, 2.75) is 83.8 Å². The first kappa shape index (κ1) is 26.5. The van der Waals surface area contributed by atoms with Gasteiger partial charge in [0.05, 0.1) is 25.9 Å². The molecule has 7 nitrogen and oxygen atoms in total. The number of hydrogen-bond acceptors (Lipinski definition) is 5. The third-order valence-corrected chi connectivity index (χ3v) is 8.16. The largest absolute Gasteiger partial charge is 0.468 e. The van der Waals surface area contributed by atoms with E-state index in [0.29, 0.717) is 6.54 Å². The van der Waals surface area contributed by atoms with Crippen LogP contribution >= 0.6 is 0 Å². The molecule has 36 heavy (non-hydrogen) atoms. The second kappa shape index (κ2) is 11.2. The number of carbonyl (C=O) groups is 3. The maximum Gasteiger partial charge on any atom is 0.320 e. The van der Waals surface area contributed by atoms with Crippen LogP contribution in [0.25, 0.3) is 0 Å². The number of rotatable bonds is 9. The first-order chi connectivity index (χ1) is 17.3. The number of esters is 1. The van der Waals surface area contributed by atoms with Crippen LogP contribution in [0.15, 0.2) is 23.4 Å². The number of nitrogens with one attached hydrogen (secondary N) is 1. The van der Waals surface area contributed by atoms with Gasteiger partial charge < -0.3 is 19.7 Å². The zero-order chi connectivity index (χ0) is 25.9. The second-order valence-electron chi connectivity index (χ2n) is 11.1. The van der Waals surface area contributed by atoms with E-state index in [1.54, 1.807) is 4.90 Å². The normalized spacial score (nSPS) is 30.1. The summed E-state index contributed by atoms with van der Waals surface area (Å²) in [7, 11) is 1.40. The van der Waals surface area contributed by atoms with Crippen LogP contribution in [0, 0.1) is 35.5 Å². The van der Waals surface area contributed by atoms with Gasteiger partial charge >= 0.3 is 5.97 Å². The molecule has 196 valence electrons. The molecule has 0 radical (unpaired) electrons. The first-order valence-electron chi connectivity index (χ1n) is 13.5. The van der Waals surface area contributed by atoms with Gasteiger partial charge in [-0.2, -0.15) is 0 Å². The molecule has 0 aromatic heterocycles. The topological polar surface area (TPSA) is 84.9 Å². The average Bonchev–Trinajstić information content (AvgIpc) is 3.72. The molecule has 2 fully saturated rings. The minimum atomic E-state index is -1.10.